The molecule has 0 bridgehead atoms. The lowest BCUT2D eigenvalue weighted by Crippen LogP contribution is -2.31. The maximum Gasteiger partial charge on any atom is 0.216 e. The second-order valence-corrected chi connectivity index (χ2v) is 7.42. The van der Waals surface area contributed by atoms with Gasteiger partial charge < -0.3 is 0 Å². The normalized spacial score (nSPS) is 17.7. The number of hydrogen-bond donors (Lipinski definition) is 0. The largest absolute Gasteiger partial charge is 0.295 e. The van der Waals surface area contributed by atoms with E-state index in [0.29, 0.717) is 28.5 Å². The molecule has 0 fully saturated rings. The van der Waals surface area contributed by atoms with Gasteiger partial charge in [0.05, 0.1) is 10.5 Å². The molecule has 1 aromatic heterocycles. The van der Waals surface area contributed by atoms with Gasteiger partial charge in [0.15, 0.2) is 6.29 Å². The summed E-state index contributed by atoms with van der Waals surface area (Å²) in [5.74, 6) is -0.459. The predicted octanol–water partition coefficient (Wildman–Crippen LogP) is 4.93. The molecule has 0 amide bonds. The van der Waals surface area contributed by atoms with Gasteiger partial charge in [-0.05, 0) is 30.2 Å². The van der Waals surface area contributed by atoms with E-state index in [1.54, 1.807) is 6.07 Å². The van der Waals surface area contributed by atoms with E-state index >= 15 is 0 Å². The number of para-hydroxylation sites is 1. The van der Waals surface area contributed by atoms with Crippen LogP contribution >= 0.6 is 23.2 Å². The molecule has 1 aliphatic rings. The van der Waals surface area contributed by atoms with Crippen molar-refractivity contribution in [2.24, 2.45) is 0 Å². The number of aldehydes is 1. The molecule has 0 N–H and O–H groups in total. The standard InChI is InChI=1S/C21H16Cl2N2O2/c1-12(16-9-13-6-4-8-17(22)19(13)24-21(16)23)25-10-14-5-2-3-7-15(14)20(25)18(27)11-26/h2-9,11-12,20H,10H2,1H3. The number of fused-ring (bicyclic) bond motifs is 2. The van der Waals surface area contributed by atoms with Gasteiger partial charge >= 0.3 is 0 Å². The van der Waals surface area contributed by atoms with Gasteiger partial charge in [0.25, 0.3) is 0 Å². The van der Waals surface area contributed by atoms with E-state index < -0.39 is 11.8 Å². The van der Waals surface area contributed by atoms with Crippen molar-refractivity contribution in [3.8, 4) is 0 Å². The molecule has 2 heterocycles. The van der Waals surface area contributed by atoms with Gasteiger partial charge in [-0.15, -0.1) is 0 Å². The molecule has 4 nitrogen and oxygen atoms in total. The Bertz CT molecular complexity index is 1070. The number of pyridine rings is 1. The third-order valence-corrected chi connectivity index (χ3v) is 5.75. The SMILES string of the molecule is CC(c1cc2cccc(Cl)c2nc1Cl)N1Cc2ccccc2C1C(=O)C=O. The van der Waals surface area contributed by atoms with Crippen molar-refractivity contribution in [1.82, 2.24) is 9.88 Å². The van der Waals surface area contributed by atoms with Crippen LogP contribution in [-0.4, -0.2) is 22.0 Å². The highest BCUT2D eigenvalue weighted by molar-refractivity contribution is 6.36. The van der Waals surface area contributed by atoms with Crippen molar-refractivity contribution < 1.29 is 9.59 Å². The number of Topliss-reactive ketones (excluding diaryl/α,β-unsaturated/α-hetero) is 1. The summed E-state index contributed by atoms with van der Waals surface area (Å²) >= 11 is 12.7. The highest BCUT2D eigenvalue weighted by atomic mass is 35.5. The lowest BCUT2D eigenvalue weighted by Gasteiger charge is -2.30. The molecule has 27 heavy (non-hydrogen) atoms. The van der Waals surface area contributed by atoms with E-state index in [9.17, 15) is 9.59 Å². The first-order valence-electron chi connectivity index (χ1n) is 8.58. The topological polar surface area (TPSA) is 50.3 Å². The van der Waals surface area contributed by atoms with Gasteiger partial charge in [-0.3, -0.25) is 14.5 Å². The fourth-order valence-corrected chi connectivity index (χ4v) is 4.30. The fraction of sp³-hybridized carbons (Fsp3) is 0.190. The third-order valence-electron chi connectivity index (χ3n) is 5.14. The second kappa shape index (κ2) is 7.04. The number of benzene rings is 2. The summed E-state index contributed by atoms with van der Waals surface area (Å²) in [5.41, 5.74) is 3.35. The molecule has 2 unspecified atom stereocenters. The second-order valence-electron chi connectivity index (χ2n) is 6.65. The molecular weight excluding hydrogens is 383 g/mol. The van der Waals surface area contributed by atoms with E-state index in [2.05, 4.69) is 4.98 Å². The summed E-state index contributed by atoms with van der Waals surface area (Å²) in [4.78, 5) is 30.1. The van der Waals surface area contributed by atoms with Gasteiger partial charge in [0.2, 0.25) is 5.78 Å². The smallest absolute Gasteiger partial charge is 0.216 e. The first-order valence-corrected chi connectivity index (χ1v) is 9.34. The van der Waals surface area contributed by atoms with Gasteiger partial charge in [0.1, 0.15) is 11.2 Å². The number of rotatable bonds is 4. The minimum Gasteiger partial charge on any atom is -0.295 e. The van der Waals surface area contributed by atoms with Gasteiger partial charge in [0, 0.05) is 23.5 Å². The summed E-state index contributed by atoms with van der Waals surface area (Å²) in [7, 11) is 0. The van der Waals surface area contributed by atoms with Gasteiger partial charge in [-0.1, -0.05) is 59.6 Å². The summed E-state index contributed by atoms with van der Waals surface area (Å²) in [5, 5.41) is 1.76. The molecule has 136 valence electrons. The molecule has 0 aliphatic carbocycles. The molecule has 4 rings (SSSR count). The van der Waals surface area contributed by atoms with Crippen molar-refractivity contribution in [3.05, 3.63) is 75.4 Å². The minimum atomic E-state index is -0.611. The van der Waals surface area contributed by atoms with Crippen LogP contribution in [0.4, 0.5) is 0 Å². The van der Waals surface area contributed by atoms with Crippen molar-refractivity contribution in [3.63, 3.8) is 0 Å². The Kier molecular flexibility index (Phi) is 4.72. The maximum absolute atomic E-state index is 12.4. The molecule has 6 heteroatoms. The summed E-state index contributed by atoms with van der Waals surface area (Å²) in [6.45, 7) is 2.53. The zero-order chi connectivity index (χ0) is 19.1. The van der Waals surface area contributed by atoms with Gasteiger partial charge in [-0.2, -0.15) is 0 Å². The average molecular weight is 399 g/mol. The van der Waals surface area contributed by atoms with Crippen LogP contribution < -0.4 is 0 Å². The Balaban J connectivity index is 1.79. The van der Waals surface area contributed by atoms with Crippen LogP contribution in [0, 0.1) is 0 Å². The van der Waals surface area contributed by atoms with Crippen molar-refractivity contribution in [1.29, 1.82) is 0 Å². The molecule has 2 atom stereocenters. The molecule has 0 spiro atoms. The van der Waals surface area contributed by atoms with Crippen LogP contribution in [-0.2, 0) is 16.1 Å². The molecule has 1 aliphatic heterocycles. The Morgan fingerprint density at radius 1 is 1.22 bits per heavy atom. The van der Waals surface area contributed by atoms with E-state index in [1.165, 1.54) is 0 Å². The predicted molar refractivity (Wildman–Crippen MR) is 106 cm³/mol. The number of halogens is 2. The summed E-state index contributed by atoms with van der Waals surface area (Å²) in [6.07, 6.45) is 0.395. The summed E-state index contributed by atoms with van der Waals surface area (Å²) in [6, 6.07) is 14.4. The number of ketones is 1. The maximum atomic E-state index is 12.4. The number of carbonyl (C=O) groups excluding carboxylic acids is 2. The average Bonchev–Trinajstić information content (AvgIpc) is 3.06. The first-order chi connectivity index (χ1) is 13.0. The van der Waals surface area contributed by atoms with Crippen molar-refractivity contribution in [2.45, 2.75) is 25.6 Å². The molecule has 0 saturated heterocycles. The number of carbonyl (C=O) groups is 2. The van der Waals surface area contributed by atoms with E-state index in [4.69, 9.17) is 23.2 Å². The zero-order valence-electron chi connectivity index (χ0n) is 14.5. The Hall–Kier alpha value is -2.27. The molecular formula is C21H16Cl2N2O2. The Morgan fingerprint density at radius 2 is 2.00 bits per heavy atom. The zero-order valence-corrected chi connectivity index (χ0v) is 16.0. The highest BCUT2D eigenvalue weighted by Gasteiger charge is 2.38. The van der Waals surface area contributed by atoms with Crippen LogP contribution in [0.3, 0.4) is 0 Å². The van der Waals surface area contributed by atoms with Crippen molar-refractivity contribution in [2.75, 3.05) is 0 Å². The number of hydrogen-bond acceptors (Lipinski definition) is 4. The molecule has 0 saturated carbocycles. The van der Waals surface area contributed by atoms with Crippen LogP contribution in [0.5, 0.6) is 0 Å². The van der Waals surface area contributed by atoms with E-state index in [1.807, 2.05) is 54.3 Å². The Labute approximate surface area is 166 Å². The molecule has 3 aromatic rings. The van der Waals surface area contributed by atoms with Crippen LogP contribution in [0.15, 0.2) is 48.5 Å². The fourth-order valence-electron chi connectivity index (χ4n) is 3.78. The first kappa shape index (κ1) is 18.1. The minimum absolute atomic E-state index is 0.213. The van der Waals surface area contributed by atoms with Crippen molar-refractivity contribution >= 4 is 46.2 Å². The Morgan fingerprint density at radius 3 is 2.78 bits per heavy atom. The molecule has 2 aromatic carbocycles. The van der Waals surface area contributed by atoms with Crippen LogP contribution in [0.25, 0.3) is 10.9 Å². The number of aromatic nitrogens is 1. The lowest BCUT2D eigenvalue weighted by molar-refractivity contribution is -0.134. The van der Waals surface area contributed by atoms with Gasteiger partial charge in [-0.25, -0.2) is 4.98 Å². The highest BCUT2D eigenvalue weighted by Crippen LogP contribution is 2.42. The quantitative estimate of drug-likeness (QED) is 0.355. The van der Waals surface area contributed by atoms with Crippen LogP contribution in [0.2, 0.25) is 10.2 Å². The number of nitrogens with zero attached hydrogens (tertiary/aromatic N) is 2. The monoisotopic (exact) mass is 398 g/mol. The third kappa shape index (κ3) is 3.04. The molecule has 0 radical (unpaired) electrons. The summed E-state index contributed by atoms with van der Waals surface area (Å²) < 4.78 is 0. The lowest BCUT2D eigenvalue weighted by atomic mass is 10.00. The van der Waals surface area contributed by atoms with Crippen LogP contribution in [0.1, 0.15) is 35.7 Å². The van der Waals surface area contributed by atoms with E-state index in [-0.39, 0.29) is 6.04 Å². The van der Waals surface area contributed by atoms with E-state index in [0.717, 1.165) is 22.1 Å².